The predicted octanol–water partition coefficient (Wildman–Crippen LogP) is 3.52. The summed E-state index contributed by atoms with van der Waals surface area (Å²) in [6, 6.07) is 10.5. The average Bonchev–Trinajstić information content (AvgIpc) is 3.29. The molecule has 0 fully saturated rings. The quantitative estimate of drug-likeness (QED) is 0.555. The number of amides is 2. The van der Waals surface area contributed by atoms with Crippen molar-refractivity contribution in [3.8, 4) is 27.3 Å². The van der Waals surface area contributed by atoms with Gasteiger partial charge in [-0.25, -0.2) is 0 Å². The van der Waals surface area contributed by atoms with Gasteiger partial charge in [-0.1, -0.05) is 24.3 Å². The number of carbonyl (C=O) groups excluding carboxylic acids is 3. The third-order valence-corrected chi connectivity index (χ3v) is 5.80. The molecule has 1 N–H and O–H groups in total. The Hall–Kier alpha value is -3.25. The highest BCUT2D eigenvalue weighted by Gasteiger charge is 2.36. The Morgan fingerprint density at radius 2 is 1.54 bits per heavy atom. The van der Waals surface area contributed by atoms with Crippen LogP contribution in [0.1, 0.15) is 36.6 Å². The molecule has 2 aliphatic rings. The summed E-state index contributed by atoms with van der Waals surface area (Å²) in [5, 5.41) is 4.23. The Bertz CT molecular complexity index is 1160. The van der Waals surface area contributed by atoms with Gasteiger partial charge in [0.1, 0.15) is 5.75 Å². The van der Waals surface area contributed by atoms with Crippen LogP contribution in [-0.4, -0.2) is 24.7 Å². The predicted molar refractivity (Wildman–Crippen MR) is 97.0 cm³/mol. The summed E-state index contributed by atoms with van der Waals surface area (Å²) in [7, 11) is 1.57. The first-order chi connectivity index (χ1) is 12.6. The van der Waals surface area contributed by atoms with E-state index in [9.17, 15) is 14.4 Å². The Labute approximate surface area is 152 Å². The number of imide groups is 1. The molecule has 0 saturated heterocycles. The molecule has 1 aliphatic carbocycles. The topological polar surface area (TPSA) is 72.5 Å². The average molecular weight is 361 g/mol. The van der Waals surface area contributed by atoms with Crippen LogP contribution in [0.15, 0.2) is 41.8 Å². The van der Waals surface area contributed by atoms with Crippen molar-refractivity contribution in [1.82, 2.24) is 5.32 Å². The van der Waals surface area contributed by atoms with Crippen LogP contribution in [0.25, 0.3) is 21.6 Å². The second-order valence-corrected chi connectivity index (χ2v) is 6.96. The van der Waals surface area contributed by atoms with E-state index in [-0.39, 0.29) is 5.78 Å². The Kier molecular flexibility index (Phi) is 2.96. The molecule has 126 valence electrons. The maximum Gasteiger partial charge on any atom is 0.259 e. The van der Waals surface area contributed by atoms with Gasteiger partial charge in [0.2, 0.25) is 0 Å². The summed E-state index contributed by atoms with van der Waals surface area (Å²) in [6.07, 6.45) is 0. The van der Waals surface area contributed by atoms with Gasteiger partial charge in [-0.15, -0.1) is 11.3 Å². The smallest absolute Gasteiger partial charge is 0.259 e. The number of benzene rings is 2. The molecule has 2 amide bonds. The van der Waals surface area contributed by atoms with Gasteiger partial charge < -0.3 is 4.74 Å². The standard InChI is InChI=1S/C20H11NO4S/c1-25-13-7-3-4-9-14(13)12-8-26-18(16(12)17(9)22)10-5-2-6-11-15(10)20(24)21-19(11)23/h2-8H,1H3,(H,21,23,24). The zero-order valence-corrected chi connectivity index (χ0v) is 14.4. The Morgan fingerprint density at radius 1 is 0.808 bits per heavy atom. The van der Waals surface area contributed by atoms with E-state index in [2.05, 4.69) is 5.32 Å². The van der Waals surface area contributed by atoms with E-state index in [1.807, 2.05) is 11.4 Å². The molecule has 2 aromatic carbocycles. The van der Waals surface area contributed by atoms with Crippen LogP contribution >= 0.6 is 11.3 Å². The molecule has 0 radical (unpaired) electrons. The van der Waals surface area contributed by atoms with Gasteiger partial charge in [0.05, 0.1) is 18.2 Å². The van der Waals surface area contributed by atoms with Gasteiger partial charge in [0.25, 0.3) is 11.8 Å². The van der Waals surface area contributed by atoms with Crippen LogP contribution in [0.3, 0.4) is 0 Å². The first-order valence-electron chi connectivity index (χ1n) is 7.94. The van der Waals surface area contributed by atoms with Gasteiger partial charge in [-0.05, 0) is 12.1 Å². The fourth-order valence-electron chi connectivity index (χ4n) is 3.68. The molecule has 5 nitrogen and oxygen atoms in total. The summed E-state index contributed by atoms with van der Waals surface area (Å²) in [5.74, 6) is -0.280. The number of carbonyl (C=O) groups is 3. The number of thiophene rings is 1. The van der Waals surface area contributed by atoms with E-state index >= 15 is 0 Å². The van der Waals surface area contributed by atoms with E-state index in [1.165, 1.54) is 11.3 Å². The lowest BCUT2D eigenvalue weighted by molar-refractivity contribution is 0.0879. The van der Waals surface area contributed by atoms with Crippen molar-refractivity contribution in [2.75, 3.05) is 7.11 Å². The fraction of sp³-hybridized carbons (Fsp3) is 0.0500. The minimum absolute atomic E-state index is 0.0903. The molecule has 1 aromatic heterocycles. The van der Waals surface area contributed by atoms with Crippen molar-refractivity contribution in [3.63, 3.8) is 0 Å². The highest BCUT2D eigenvalue weighted by Crippen LogP contribution is 2.49. The molecule has 3 aromatic rings. The molecular weight excluding hydrogens is 350 g/mol. The number of rotatable bonds is 2. The number of methoxy groups -OCH3 is 1. The summed E-state index contributed by atoms with van der Waals surface area (Å²) < 4.78 is 5.43. The van der Waals surface area contributed by atoms with E-state index in [1.54, 1.807) is 37.4 Å². The van der Waals surface area contributed by atoms with Crippen LogP contribution < -0.4 is 10.1 Å². The van der Waals surface area contributed by atoms with Crippen molar-refractivity contribution < 1.29 is 19.1 Å². The van der Waals surface area contributed by atoms with Crippen LogP contribution in [0.5, 0.6) is 5.75 Å². The minimum atomic E-state index is -0.428. The molecular formula is C20H11NO4S. The molecule has 2 heterocycles. The SMILES string of the molecule is COc1cccc2c1-c1csc(-c3cccc4c3C(=O)NC4=O)c1C2=O. The summed E-state index contributed by atoms with van der Waals surface area (Å²) in [6.45, 7) is 0. The van der Waals surface area contributed by atoms with Gasteiger partial charge in [-0.2, -0.15) is 0 Å². The number of ether oxygens (including phenoxy) is 1. The maximum absolute atomic E-state index is 13.0. The van der Waals surface area contributed by atoms with E-state index < -0.39 is 11.8 Å². The highest BCUT2D eigenvalue weighted by molar-refractivity contribution is 7.14. The van der Waals surface area contributed by atoms with Crippen LogP contribution in [0.4, 0.5) is 0 Å². The first-order valence-corrected chi connectivity index (χ1v) is 8.82. The van der Waals surface area contributed by atoms with Crippen LogP contribution in [0.2, 0.25) is 0 Å². The van der Waals surface area contributed by atoms with E-state index in [0.717, 1.165) is 11.1 Å². The largest absolute Gasteiger partial charge is 0.496 e. The van der Waals surface area contributed by atoms with Crippen molar-refractivity contribution in [2.24, 2.45) is 0 Å². The number of hydrogen-bond acceptors (Lipinski definition) is 5. The van der Waals surface area contributed by atoms with Crippen LogP contribution in [-0.2, 0) is 0 Å². The van der Waals surface area contributed by atoms with Gasteiger partial charge in [0, 0.05) is 38.1 Å². The Morgan fingerprint density at radius 3 is 2.35 bits per heavy atom. The van der Waals surface area contributed by atoms with Crippen molar-refractivity contribution in [3.05, 3.63) is 64.0 Å². The fourth-order valence-corrected chi connectivity index (χ4v) is 4.77. The van der Waals surface area contributed by atoms with Crippen molar-refractivity contribution in [2.45, 2.75) is 0 Å². The molecule has 0 unspecified atom stereocenters. The molecule has 6 heteroatoms. The number of hydrogen-bond donors (Lipinski definition) is 1. The highest BCUT2D eigenvalue weighted by atomic mass is 32.1. The third kappa shape index (κ3) is 1.76. The van der Waals surface area contributed by atoms with Gasteiger partial charge in [0.15, 0.2) is 5.78 Å². The zero-order valence-electron chi connectivity index (χ0n) is 13.6. The minimum Gasteiger partial charge on any atom is -0.496 e. The lowest BCUT2D eigenvalue weighted by Crippen LogP contribution is -2.20. The zero-order chi connectivity index (χ0) is 18.0. The molecule has 0 spiro atoms. The molecule has 26 heavy (non-hydrogen) atoms. The first kappa shape index (κ1) is 15.0. The van der Waals surface area contributed by atoms with Gasteiger partial charge >= 0.3 is 0 Å². The van der Waals surface area contributed by atoms with E-state index in [4.69, 9.17) is 4.74 Å². The Balaban J connectivity index is 1.78. The van der Waals surface area contributed by atoms with E-state index in [0.29, 0.717) is 38.4 Å². The normalized spacial score (nSPS) is 14.1. The van der Waals surface area contributed by atoms with Gasteiger partial charge in [-0.3, -0.25) is 19.7 Å². The molecule has 1 aliphatic heterocycles. The molecule has 0 bridgehead atoms. The maximum atomic E-state index is 13.0. The lowest BCUT2D eigenvalue weighted by atomic mass is 9.98. The van der Waals surface area contributed by atoms with Crippen LogP contribution in [0, 0.1) is 0 Å². The summed E-state index contributed by atoms with van der Waals surface area (Å²) >= 11 is 1.39. The van der Waals surface area contributed by atoms with Crippen molar-refractivity contribution in [1.29, 1.82) is 0 Å². The second-order valence-electron chi connectivity index (χ2n) is 6.08. The summed E-state index contributed by atoms with van der Waals surface area (Å²) in [5.41, 5.74) is 4.03. The summed E-state index contributed by atoms with van der Waals surface area (Å²) in [4.78, 5) is 37.9. The third-order valence-electron chi connectivity index (χ3n) is 4.79. The number of fused-ring (bicyclic) bond motifs is 4. The molecule has 5 rings (SSSR count). The molecule has 0 saturated carbocycles. The van der Waals surface area contributed by atoms with Crippen molar-refractivity contribution >= 4 is 28.9 Å². The number of ketones is 1. The second kappa shape index (κ2) is 5.12. The monoisotopic (exact) mass is 361 g/mol. The lowest BCUT2D eigenvalue weighted by Gasteiger charge is -2.06. The number of nitrogens with one attached hydrogen (secondary N) is 1. The molecule has 0 atom stereocenters.